The Balaban J connectivity index is 1.47. The number of carbonyl (C=O) groups excluding carboxylic acids is 1. The van der Waals surface area contributed by atoms with Crippen LogP contribution in [0.15, 0.2) is 53.6 Å². The van der Waals surface area contributed by atoms with E-state index in [1.807, 2.05) is 18.2 Å². The molecule has 1 aliphatic carbocycles. The average Bonchev–Trinajstić information content (AvgIpc) is 3.19. The summed E-state index contributed by atoms with van der Waals surface area (Å²) in [4.78, 5) is 12.6. The molecule has 2 aliphatic rings. The molecule has 0 bridgehead atoms. The lowest BCUT2D eigenvalue weighted by atomic mass is 9.67. The second kappa shape index (κ2) is 12.4. The molecule has 1 saturated carbocycles. The van der Waals surface area contributed by atoms with Crippen molar-refractivity contribution in [3.63, 3.8) is 0 Å². The highest BCUT2D eigenvalue weighted by molar-refractivity contribution is 5.74. The van der Waals surface area contributed by atoms with Gasteiger partial charge in [-0.2, -0.15) is 0 Å². The minimum absolute atomic E-state index is 0.0315. The van der Waals surface area contributed by atoms with Crippen LogP contribution in [0.2, 0.25) is 0 Å². The topological polar surface area (TPSA) is 35.5 Å². The molecule has 0 spiro atoms. The van der Waals surface area contributed by atoms with Crippen molar-refractivity contribution in [3.8, 4) is 0 Å². The summed E-state index contributed by atoms with van der Waals surface area (Å²) in [6, 6.07) is 10.3. The lowest BCUT2D eigenvalue weighted by molar-refractivity contribution is -0.169. The number of hydrogen-bond donors (Lipinski definition) is 0. The van der Waals surface area contributed by atoms with E-state index in [-0.39, 0.29) is 17.3 Å². The van der Waals surface area contributed by atoms with E-state index in [0.717, 1.165) is 38.5 Å². The third-order valence-corrected chi connectivity index (χ3v) is 7.41. The summed E-state index contributed by atoms with van der Waals surface area (Å²) in [5.74, 6) is 0.565. The maximum Gasteiger partial charge on any atom is 0.309 e. The van der Waals surface area contributed by atoms with Crippen LogP contribution in [0, 0.1) is 17.3 Å². The molecular formula is C29H42O3. The number of esters is 1. The second-order valence-electron chi connectivity index (χ2n) is 10.2. The number of hydrogen-bond acceptors (Lipinski definition) is 3. The Morgan fingerprint density at radius 3 is 2.75 bits per heavy atom. The Labute approximate surface area is 195 Å². The molecule has 3 rings (SSSR count). The van der Waals surface area contributed by atoms with Crippen LogP contribution in [0.25, 0.3) is 0 Å². The van der Waals surface area contributed by atoms with Gasteiger partial charge in [0.15, 0.2) is 0 Å². The van der Waals surface area contributed by atoms with Crippen LogP contribution in [-0.2, 0) is 20.9 Å². The van der Waals surface area contributed by atoms with E-state index < -0.39 is 0 Å². The number of fused-ring (bicyclic) bond motifs is 1. The standard InChI is InChI=1S/C29H42O3/c1-23(2)11-7-12-24(3)13-8-18-29-19-9-17-27(29)26(28(30)32-22-29)16-10-20-31-21-25-14-5-4-6-15-25/h4-6,11,13-15,26-27H,7-10,12,16-22H2,1-3H3/b24-13+/t26?,27-,29+/m0/s1. The molecule has 0 N–H and O–H groups in total. The van der Waals surface area contributed by atoms with E-state index in [1.165, 1.54) is 36.0 Å². The van der Waals surface area contributed by atoms with Gasteiger partial charge in [-0.05, 0) is 83.6 Å². The summed E-state index contributed by atoms with van der Waals surface area (Å²) >= 11 is 0. The molecule has 0 radical (unpaired) electrons. The molecule has 1 unspecified atom stereocenters. The molecule has 176 valence electrons. The predicted octanol–water partition coefficient (Wildman–Crippen LogP) is 7.42. The molecule has 2 fully saturated rings. The van der Waals surface area contributed by atoms with Crippen molar-refractivity contribution in [2.75, 3.05) is 13.2 Å². The van der Waals surface area contributed by atoms with Crippen LogP contribution in [-0.4, -0.2) is 19.2 Å². The fourth-order valence-electron chi connectivity index (χ4n) is 5.63. The van der Waals surface area contributed by atoms with Gasteiger partial charge in [-0.1, -0.05) is 60.1 Å². The van der Waals surface area contributed by atoms with Gasteiger partial charge in [0.05, 0.1) is 19.1 Å². The minimum Gasteiger partial charge on any atom is -0.465 e. The summed E-state index contributed by atoms with van der Waals surface area (Å²) in [5.41, 5.74) is 4.27. The molecular weight excluding hydrogens is 396 g/mol. The Kier molecular flexibility index (Phi) is 9.59. The SMILES string of the molecule is CC(C)=CCC/C(C)=C/CC[C@]12CCC[C@H]1C(CCCOCc1ccccc1)C(=O)OC2. The summed E-state index contributed by atoms with van der Waals surface area (Å²) in [5, 5.41) is 0. The second-order valence-corrected chi connectivity index (χ2v) is 10.2. The fraction of sp³-hybridized carbons (Fsp3) is 0.621. The van der Waals surface area contributed by atoms with Gasteiger partial charge in [-0.25, -0.2) is 0 Å². The summed E-state index contributed by atoms with van der Waals surface area (Å²) in [6.07, 6.45) is 14.7. The van der Waals surface area contributed by atoms with E-state index in [0.29, 0.717) is 25.7 Å². The maximum absolute atomic E-state index is 12.6. The van der Waals surface area contributed by atoms with Crippen LogP contribution in [0.4, 0.5) is 0 Å². The highest BCUT2D eigenvalue weighted by Crippen LogP contribution is 2.54. The number of ether oxygens (including phenoxy) is 2. The van der Waals surface area contributed by atoms with Crippen molar-refractivity contribution >= 4 is 5.97 Å². The first-order chi connectivity index (χ1) is 15.5. The average molecular weight is 439 g/mol. The van der Waals surface area contributed by atoms with Crippen LogP contribution >= 0.6 is 0 Å². The first kappa shape index (κ1) is 24.8. The first-order valence-electron chi connectivity index (χ1n) is 12.6. The molecule has 3 atom stereocenters. The molecule has 0 aromatic heterocycles. The Morgan fingerprint density at radius 1 is 1.16 bits per heavy atom. The summed E-state index contributed by atoms with van der Waals surface area (Å²) < 4.78 is 11.6. The Morgan fingerprint density at radius 2 is 1.97 bits per heavy atom. The molecule has 32 heavy (non-hydrogen) atoms. The molecule has 0 amide bonds. The zero-order valence-electron chi connectivity index (χ0n) is 20.4. The summed E-state index contributed by atoms with van der Waals surface area (Å²) in [6.45, 7) is 8.54. The summed E-state index contributed by atoms with van der Waals surface area (Å²) in [7, 11) is 0. The highest BCUT2D eigenvalue weighted by Gasteiger charge is 2.52. The zero-order chi connectivity index (χ0) is 22.8. The molecule has 1 aromatic carbocycles. The van der Waals surface area contributed by atoms with Crippen molar-refractivity contribution in [1.29, 1.82) is 0 Å². The van der Waals surface area contributed by atoms with Crippen molar-refractivity contribution < 1.29 is 14.3 Å². The van der Waals surface area contributed by atoms with Crippen LogP contribution in [0.3, 0.4) is 0 Å². The Bertz CT molecular complexity index is 775. The van der Waals surface area contributed by atoms with Crippen LogP contribution in [0.1, 0.15) is 84.1 Å². The monoisotopic (exact) mass is 438 g/mol. The molecule has 1 heterocycles. The smallest absolute Gasteiger partial charge is 0.309 e. The minimum atomic E-state index is 0.0315. The van der Waals surface area contributed by atoms with E-state index in [2.05, 4.69) is 45.1 Å². The van der Waals surface area contributed by atoms with Crippen LogP contribution in [0.5, 0.6) is 0 Å². The number of rotatable bonds is 12. The van der Waals surface area contributed by atoms with Gasteiger partial charge in [0, 0.05) is 12.0 Å². The first-order valence-corrected chi connectivity index (χ1v) is 12.6. The number of carbonyl (C=O) groups is 1. The zero-order valence-corrected chi connectivity index (χ0v) is 20.4. The van der Waals surface area contributed by atoms with E-state index in [4.69, 9.17) is 9.47 Å². The molecule has 1 saturated heterocycles. The van der Waals surface area contributed by atoms with Crippen molar-refractivity contribution in [1.82, 2.24) is 0 Å². The number of cyclic esters (lactones) is 1. The van der Waals surface area contributed by atoms with E-state index >= 15 is 0 Å². The molecule has 3 nitrogen and oxygen atoms in total. The van der Waals surface area contributed by atoms with Gasteiger partial charge < -0.3 is 9.47 Å². The van der Waals surface area contributed by atoms with E-state index in [1.54, 1.807) is 0 Å². The van der Waals surface area contributed by atoms with Gasteiger partial charge in [0.2, 0.25) is 0 Å². The third kappa shape index (κ3) is 7.07. The normalized spacial score (nSPS) is 25.3. The Hall–Kier alpha value is -1.87. The number of allylic oxidation sites excluding steroid dienone is 4. The van der Waals surface area contributed by atoms with Gasteiger partial charge in [-0.15, -0.1) is 0 Å². The van der Waals surface area contributed by atoms with Crippen molar-refractivity contribution in [2.24, 2.45) is 17.3 Å². The highest BCUT2D eigenvalue weighted by atomic mass is 16.5. The van der Waals surface area contributed by atoms with Gasteiger partial charge in [-0.3, -0.25) is 4.79 Å². The van der Waals surface area contributed by atoms with Gasteiger partial charge in [0.1, 0.15) is 0 Å². The third-order valence-electron chi connectivity index (χ3n) is 7.41. The predicted molar refractivity (Wildman–Crippen MR) is 131 cm³/mol. The molecule has 3 heteroatoms. The molecule has 1 aliphatic heterocycles. The van der Waals surface area contributed by atoms with Gasteiger partial charge in [0.25, 0.3) is 0 Å². The lowest BCUT2D eigenvalue weighted by Crippen LogP contribution is -2.45. The van der Waals surface area contributed by atoms with E-state index in [9.17, 15) is 4.79 Å². The maximum atomic E-state index is 12.6. The van der Waals surface area contributed by atoms with Gasteiger partial charge >= 0.3 is 5.97 Å². The van der Waals surface area contributed by atoms with Crippen molar-refractivity contribution in [3.05, 3.63) is 59.2 Å². The quantitative estimate of drug-likeness (QED) is 0.193. The molecule has 1 aromatic rings. The van der Waals surface area contributed by atoms with Crippen LogP contribution < -0.4 is 0 Å². The fourth-order valence-corrected chi connectivity index (χ4v) is 5.63. The van der Waals surface area contributed by atoms with Crippen molar-refractivity contribution in [2.45, 2.75) is 85.2 Å². The number of benzene rings is 1. The largest absolute Gasteiger partial charge is 0.465 e. The lowest BCUT2D eigenvalue weighted by Gasteiger charge is -2.43.